The smallest absolute Gasteiger partial charge is 0.0462 e. The van der Waals surface area contributed by atoms with Crippen LogP contribution in [0.1, 0.15) is 32.6 Å². The lowest BCUT2D eigenvalue weighted by molar-refractivity contribution is 0.267. The van der Waals surface area contributed by atoms with Gasteiger partial charge in [-0.25, -0.2) is 0 Å². The lowest BCUT2D eigenvalue weighted by Crippen LogP contribution is -1.87. The first-order valence-electron chi connectivity index (χ1n) is 4.64. The van der Waals surface area contributed by atoms with Crippen molar-refractivity contribution in [1.82, 2.24) is 0 Å². The quantitative estimate of drug-likeness (QED) is 0.603. The Hall–Kier alpha value is -0.300. The fourth-order valence-corrected chi connectivity index (χ4v) is 1.48. The second kappa shape index (κ2) is 4.55. The fraction of sp³-hybridized carbons (Fsp3) is 0.800. The molecule has 1 nitrogen and oxygen atoms in total. The van der Waals surface area contributed by atoms with Crippen LogP contribution in [-0.4, -0.2) is 11.7 Å². The summed E-state index contributed by atoms with van der Waals surface area (Å²) in [4.78, 5) is 0. The van der Waals surface area contributed by atoms with E-state index in [1.807, 2.05) is 0 Å². The molecular formula is C10H18O. The largest absolute Gasteiger partial charge is 0.396 e. The number of hydrogen-bond donors (Lipinski definition) is 1. The van der Waals surface area contributed by atoms with Gasteiger partial charge in [-0.15, -0.1) is 0 Å². The number of hydrogen-bond acceptors (Lipinski definition) is 1. The van der Waals surface area contributed by atoms with E-state index in [1.165, 1.54) is 19.3 Å². The normalized spacial score (nSPS) is 29.6. The third-order valence-electron chi connectivity index (χ3n) is 2.41. The first-order chi connectivity index (χ1) is 5.38. The van der Waals surface area contributed by atoms with Gasteiger partial charge in [0, 0.05) is 6.61 Å². The summed E-state index contributed by atoms with van der Waals surface area (Å²) in [5, 5.41) is 8.76. The Morgan fingerprint density at radius 3 is 2.73 bits per heavy atom. The van der Waals surface area contributed by atoms with Crippen LogP contribution in [0.15, 0.2) is 12.2 Å². The number of aliphatic hydroxyl groups excluding tert-OH is 1. The van der Waals surface area contributed by atoms with Crippen molar-refractivity contribution in [2.75, 3.05) is 6.61 Å². The molecule has 1 aliphatic carbocycles. The Kier molecular flexibility index (Phi) is 3.64. The molecule has 0 aromatic rings. The molecule has 1 aliphatic rings. The van der Waals surface area contributed by atoms with Crippen LogP contribution in [0.25, 0.3) is 0 Å². The van der Waals surface area contributed by atoms with Gasteiger partial charge in [-0.05, 0) is 37.5 Å². The molecule has 2 atom stereocenters. The summed E-state index contributed by atoms with van der Waals surface area (Å²) in [6.07, 6.45) is 9.37. The molecule has 0 aliphatic heterocycles. The van der Waals surface area contributed by atoms with Crippen molar-refractivity contribution in [1.29, 1.82) is 0 Å². The molecular weight excluding hydrogens is 136 g/mol. The maximum atomic E-state index is 8.76. The van der Waals surface area contributed by atoms with Crippen LogP contribution < -0.4 is 0 Å². The van der Waals surface area contributed by atoms with E-state index in [1.54, 1.807) is 0 Å². The predicted molar refractivity (Wildman–Crippen MR) is 47.3 cm³/mol. The van der Waals surface area contributed by atoms with Gasteiger partial charge in [0.05, 0.1) is 0 Å². The molecule has 1 rings (SSSR count). The van der Waals surface area contributed by atoms with Gasteiger partial charge in [0.25, 0.3) is 0 Å². The van der Waals surface area contributed by atoms with E-state index in [2.05, 4.69) is 19.1 Å². The van der Waals surface area contributed by atoms with Gasteiger partial charge in [0.15, 0.2) is 0 Å². The van der Waals surface area contributed by atoms with Crippen molar-refractivity contribution in [3.63, 3.8) is 0 Å². The Labute approximate surface area is 69.1 Å². The van der Waals surface area contributed by atoms with Crippen LogP contribution in [0.2, 0.25) is 0 Å². The van der Waals surface area contributed by atoms with Crippen LogP contribution in [-0.2, 0) is 0 Å². The van der Waals surface area contributed by atoms with E-state index >= 15 is 0 Å². The van der Waals surface area contributed by atoms with Crippen molar-refractivity contribution in [3.05, 3.63) is 12.2 Å². The van der Waals surface area contributed by atoms with Crippen molar-refractivity contribution >= 4 is 0 Å². The number of allylic oxidation sites excluding steroid dienone is 2. The summed E-state index contributed by atoms with van der Waals surface area (Å²) in [5.74, 6) is 1.48. The van der Waals surface area contributed by atoms with Crippen molar-refractivity contribution in [2.24, 2.45) is 11.8 Å². The summed E-state index contributed by atoms with van der Waals surface area (Å²) in [6, 6.07) is 0. The molecule has 0 heterocycles. The Bertz CT molecular complexity index is 129. The zero-order valence-corrected chi connectivity index (χ0v) is 7.29. The van der Waals surface area contributed by atoms with Gasteiger partial charge in [0.2, 0.25) is 0 Å². The number of aliphatic hydroxyl groups is 1. The fourth-order valence-electron chi connectivity index (χ4n) is 1.48. The van der Waals surface area contributed by atoms with Crippen LogP contribution in [0, 0.1) is 11.8 Å². The van der Waals surface area contributed by atoms with E-state index in [0.29, 0.717) is 12.5 Å². The minimum atomic E-state index is 0.405. The van der Waals surface area contributed by atoms with Gasteiger partial charge >= 0.3 is 0 Å². The lowest BCUT2D eigenvalue weighted by Gasteiger charge is -1.92. The van der Waals surface area contributed by atoms with Crippen LogP contribution >= 0.6 is 0 Å². The molecule has 0 aromatic carbocycles. The molecule has 1 saturated carbocycles. The molecule has 0 saturated heterocycles. The summed E-state index contributed by atoms with van der Waals surface area (Å²) in [5.41, 5.74) is 0. The Morgan fingerprint density at radius 1 is 1.36 bits per heavy atom. The summed E-state index contributed by atoms with van der Waals surface area (Å²) in [6.45, 7) is 2.56. The van der Waals surface area contributed by atoms with E-state index in [4.69, 9.17) is 5.11 Å². The maximum Gasteiger partial charge on any atom is 0.0462 e. The summed E-state index contributed by atoms with van der Waals surface area (Å²) in [7, 11) is 0. The highest BCUT2D eigenvalue weighted by Crippen LogP contribution is 2.41. The van der Waals surface area contributed by atoms with Crippen LogP contribution in [0.5, 0.6) is 0 Å². The van der Waals surface area contributed by atoms with Crippen LogP contribution in [0.4, 0.5) is 0 Å². The van der Waals surface area contributed by atoms with E-state index in [-0.39, 0.29) is 0 Å². The third-order valence-corrected chi connectivity index (χ3v) is 2.41. The maximum absolute atomic E-state index is 8.76. The first kappa shape index (κ1) is 8.79. The molecule has 0 radical (unpaired) electrons. The molecule has 0 bridgehead atoms. The zero-order chi connectivity index (χ0) is 8.10. The summed E-state index contributed by atoms with van der Waals surface area (Å²) >= 11 is 0. The minimum Gasteiger partial charge on any atom is -0.396 e. The van der Waals surface area contributed by atoms with Crippen molar-refractivity contribution < 1.29 is 5.11 Å². The molecule has 0 spiro atoms. The minimum absolute atomic E-state index is 0.405. The Balaban J connectivity index is 1.93. The van der Waals surface area contributed by atoms with Gasteiger partial charge in [-0.1, -0.05) is 19.1 Å². The highest BCUT2D eigenvalue weighted by Gasteiger charge is 2.34. The van der Waals surface area contributed by atoms with E-state index in [9.17, 15) is 0 Å². The average molecular weight is 154 g/mol. The van der Waals surface area contributed by atoms with E-state index in [0.717, 1.165) is 12.3 Å². The SMILES string of the molecule is CCC=CCCC1CC1CO. The zero-order valence-electron chi connectivity index (χ0n) is 7.29. The lowest BCUT2D eigenvalue weighted by atomic mass is 10.2. The van der Waals surface area contributed by atoms with Gasteiger partial charge in [-0.3, -0.25) is 0 Å². The number of rotatable bonds is 5. The molecule has 1 heteroatoms. The monoisotopic (exact) mass is 154 g/mol. The topological polar surface area (TPSA) is 20.2 Å². The standard InChI is InChI=1S/C10H18O/c1-2-3-4-5-6-9-7-10(9)8-11/h3-4,9-11H,2,5-8H2,1H3. The molecule has 64 valence electrons. The third kappa shape index (κ3) is 3.06. The van der Waals surface area contributed by atoms with Gasteiger partial charge in [0.1, 0.15) is 0 Å². The molecule has 2 unspecified atom stereocenters. The molecule has 11 heavy (non-hydrogen) atoms. The molecule has 1 N–H and O–H groups in total. The molecule has 0 amide bonds. The summed E-state index contributed by atoms with van der Waals surface area (Å²) < 4.78 is 0. The predicted octanol–water partition coefficient (Wildman–Crippen LogP) is 2.36. The van der Waals surface area contributed by atoms with Gasteiger partial charge in [-0.2, -0.15) is 0 Å². The molecule has 1 fully saturated rings. The highest BCUT2D eigenvalue weighted by molar-refractivity contribution is 4.89. The first-order valence-corrected chi connectivity index (χ1v) is 4.64. The van der Waals surface area contributed by atoms with Gasteiger partial charge < -0.3 is 5.11 Å². The van der Waals surface area contributed by atoms with Crippen molar-refractivity contribution in [2.45, 2.75) is 32.6 Å². The van der Waals surface area contributed by atoms with Crippen LogP contribution in [0.3, 0.4) is 0 Å². The second-order valence-electron chi connectivity index (χ2n) is 3.40. The Morgan fingerprint density at radius 2 is 2.18 bits per heavy atom. The second-order valence-corrected chi connectivity index (χ2v) is 3.40. The van der Waals surface area contributed by atoms with E-state index < -0.39 is 0 Å². The highest BCUT2D eigenvalue weighted by atomic mass is 16.3. The van der Waals surface area contributed by atoms with Crippen molar-refractivity contribution in [3.8, 4) is 0 Å². The molecule has 0 aromatic heterocycles. The average Bonchev–Trinajstić information content (AvgIpc) is 2.77.